The molecule has 2 aliphatic carbocycles. The smallest absolute Gasteiger partial charge is 0.0558 e. The molecule has 2 aliphatic rings. The minimum absolute atomic E-state index is 0.296. The summed E-state index contributed by atoms with van der Waals surface area (Å²) in [5.74, 6) is 0.702. The number of hydrogen-bond donors (Lipinski definition) is 1. The zero-order valence-corrected chi connectivity index (χ0v) is 11.0. The molecule has 1 aromatic rings. The second kappa shape index (κ2) is 5.41. The third-order valence-electron chi connectivity index (χ3n) is 4.64. The molecular formula is C16H23NO. The molecule has 0 amide bonds. The molecule has 1 saturated carbocycles. The number of hydrogen-bond acceptors (Lipinski definition) is 2. The Morgan fingerprint density at radius 3 is 2.67 bits per heavy atom. The van der Waals surface area contributed by atoms with Crippen molar-refractivity contribution in [3.05, 3.63) is 35.4 Å². The first kappa shape index (κ1) is 12.2. The van der Waals surface area contributed by atoms with Crippen LogP contribution in [-0.4, -0.2) is 35.7 Å². The van der Waals surface area contributed by atoms with E-state index < -0.39 is 0 Å². The summed E-state index contributed by atoms with van der Waals surface area (Å²) in [6.07, 6.45) is 6.62. The van der Waals surface area contributed by atoms with Crippen LogP contribution in [0.4, 0.5) is 0 Å². The molecule has 1 atom stereocenters. The van der Waals surface area contributed by atoms with Crippen LogP contribution in [0.2, 0.25) is 0 Å². The normalized spacial score (nSPS) is 23.1. The summed E-state index contributed by atoms with van der Waals surface area (Å²) in [6, 6.07) is 9.53. The predicted molar refractivity (Wildman–Crippen MR) is 73.8 cm³/mol. The van der Waals surface area contributed by atoms with E-state index in [9.17, 15) is 5.11 Å². The van der Waals surface area contributed by atoms with E-state index in [-0.39, 0.29) is 0 Å². The molecule has 1 fully saturated rings. The molecule has 3 rings (SSSR count). The zero-order chi connectivity index (χ0) is 12.4. The molecule has 0 radical (unpaired) electrons. The van der Waals surface area contributed by atoms with Gasteiger partial charge in [0.15, 0.2) is 0 Å². The molecule has 98 valence electrons. The molecule has 0 spiro atoms. The van der Waals surface area contributed by atoms with E-state index in [1.807, 2.05) is 0 Å². The Balaban J connectivity index is 1.63. The quantitative estimate of drug-likeness (QED) is 0.862. The van der Waals surface area contributed by atoms with Gasteiger partial charge < -0.3 is 5.11 Å². The van der Waals surface area contributed by atoms with Crippen molar-refractivity contribution in [3.8, 4) is 0 Å². The first-order chi connectivity index (χ1) is 8.88. The van der Waals surface area contributed by atoms with E-state index in [1.54, 1.807) is 5.56 Å². The van der Waals surface area contributed by atoms with E-state index in [2.05, 4.69) is 29.2 Å². The van der Waals surface area contributed by atoms with Gasteiger partial charge in [-0.05, 0) is 30.4 Å². The van der Waals surface area contributed by atoms with Crippen molar-refractivity contribution in [1.29, 1.82) is 0 Å². The summed E-state index contributed by atoms with van der Waals surface area (Å²) in [4.78, 5) is 2.54. The summed E-state index contributed by atoms with van der Waals surface area (Å²) < 4.78 is 0. The Labute approximate surface area is 110 Å². The van der Waals surface area contributed by atoms with Crippen LogP contribution in [0.25, 0.3) is 0 Å². The minimum atomic E-state index is 0.296. The molecule has 0 aromatic heterocycles. The molecule has 1 aromatic carbocycles. The third kappa shape index (κ3) is 2.32. The van der Waals surface area contributed by atoms with E-state index in [4.69, 9.17) is 0 Å². The van der Waals surface area contributed by atoms with Gasteiger partial charge in [0.1, 0.15) is 0 Å². The molecule has 18 heavy (non-hydrogen) atoms. The van der Waals surface area contributed by atoms with Gasteiger partial charge in [0.25, 0.3) is 0 Å². The lowest BCUT2D eigenvalue weighted by molar-refractivity contribution is 0.140. The highest BCUT2D eigenvalue weighted by Gasteiger charge is 2.30. The predicted octanol–water partition coefficient (Wildman–Crippen LogP) is 2.56. The van der Waals surface area contributed by atoms with Crippen LogP contribution in [0.5, 0.6) is 0 Å². The summed E-state index contributed by atoms with van der Waals surface area (Å²) >= 11 is 0. The van der Waals surface area contributed by atoms with Gasteiger partial charge >= 0.3 is 0 Å². The molecule has 0 saturated heterocycles. The Bertz CT molecular complexity index is 398. The average molecular weight is 245 g/mol. The van der Waals surface area contributed by atoms with Gasteiger partial charge in [0, 0.05) is 25.0 Å². The lowest BCUT2D eigenvalue weighted by atomic mass is 9.77. The van der Waals surface area contributed by atoms with Crippen LogP contribution >= 0.6 is 0 Å². The van der Waals surface area contributed by atoms with Gasteiger partial charge in [-0.3, -0.25) is 4.90 Å². The van der Waals surface area contributed by atoms with Crippen molar-refractivity contribution < 1.29 is 5.11 Å². The number of benzene rings is 1. The summed E-state index contributed by atoms with van der Waals surface area (Å²) in [5, 5.41) is 9.25. The maximum absolute atomic E-state index is 9.25. The second-order valence-electron chi connectivity index (χ2n) is 5.76. The van der Waals surface area contributed by atoms with Crippen LogP contribution in [0, 0.1) is 0 Å². The van der Waals surface area contributed by atoms with Gasteiger partial charge in [-0.2, -0.15) is 0 Å². The van der Waals surface area contributed by atoms with Gasteiger partial charge in [-0.1, -0.05) is 37.1 Å². The van der Waals surface area contributed by atoms with Crippen LogP contribution < -0.4 is 0 Å². The standard InChI is InChI=1S/C16H23NO/c18-10-9-17(15-6-2-3-7-15)12-14-11-13-5-1-4-8-16(13)14/h1,4-5,8,14-15,18H,2-3,6-7,9-12H2. The number of aliphatic hydroxyl groups excluding tert-OH is 1. The first-order valence-corrected chi connectivity index (χ1v) is 7.31. The molecule has 0 heterocycles. The number of rotatable bonds is 5. The Kier molecular flexibility index (Phi) is 3.67. The number of aliphatic hydroxyl groups is 1. The molecule has 0 bridgehead atoms. The SMILES string of the molecule is OCCN(CC1Cc2ccccc21)C1CCCC1. The lowest BCUT2D eigenvalue weighted by Crippen LogP contribution is -2.41. The fourth-order valence-corrected chi connectivity index (χ4v) is 3.63. The van der Waals surface area contributed by atoms with Crippen molar-refractivity contribution in [2.24, 2.45) is 0 Å². The molecule has 1 unspecified atom stereocenters. The fourth-order valence-electron chi connectivity index (χ4n) is 3.63. The first-order valence-electron chi connectivity index (χ1n) is 7.31. The molecule has 1 N–H and O–H groups in total. The van der Waals surface area contributed by atoms with Crippen molar-refractivity contribution >= 4 is 0 Å². The van der Waals surface area contributed by atoms with Crippen molar-refractivity contribution in [2.75, 3.05) is 19.7 Å². The van der Waals surface area contributed by atoms with Gasteiger partial charge in [-0.25, -0.2) is 0 Å². The molecule has 0 aliphatic heterocycles. The summed E-state index contributed by atoms with van der Waals surface area (Å²) in [6.45, 7) is 2.29. The van der Waals surface area contributed by atoms with Crippen molar-refractivity contribution in [3.63, 3.8) is 0 Å². The Morgan fingerprint density at radius 2 is 1.94 bits per heavy atom. The maximum Gasteiger partial charge on any atom is 0.0558 e. The minimum Gasteiger partial charge on any atom is -0.395 e. The van der Waals surface area contributed by atoms with E-state index in [1.165, 1.54) is 37.7 Å². The highest BCUT2D eigenvalue weighted by atomic mass is 16.3. The van der Waals surface area contributed by atoms with E-state index >= 15 is 0 Å². The summed E-state index contributed by atoms with van der Waals surface area (Å²) in [7, 11) is 0. The van der Waals surface area contributed by atoms with Crippen LogP contribution in [-0.2, 0) is 6.42 Å². The third-order valence-corrected chi connectivity index (χ3v) is 4.64. The zero-order valence-electron chi connectivity index (χ0n) is 11.0. The van der Waals surface area contributed by atoms with Crippen molar-refractivity contribution in [1.82, 2.24) is 4.90 Å². The largest absolute Gasteiger partial charge is 0.395 e. The fraction of sp³-hybridized carbons (Fsp3) is 0.625. The van der Waals surface area contributed by atoms with E-state index in [0.29, 0.717) is 12.5 Å². The van der Waals surface area contributed by atoms with E-state index in [0.717, 1.165) is 19.1 Å². The molecular weight excluding hydrogens is 222 g/mol. The van der Waals surface area contributed by atoms with Crippen molar-refractivity contribution in [2.45, 2.75) is 44.1 Å². The van der Waals surface area contributed by atoms with Crippen LogP contribution in [0.1, 0.15) is 42.7 Å². The molecule has 2 heteroatoms. The number of fused-ring (bicyclic) bond motifs is 1. The second-order valence-corrected chi connectivity index (χ2v) is 5.76. The number of nitrogens with zero attached hydrogens (tertiary/aromatic N) is 1. The van der Waals surface area contributed by atoms with Gasteiger partial charge in [0.05, 0.1) is 6.61 Å². The average Bonchev–Trinajstić information content (AvgIpc) is 2.88. The Hall–Kier alpha value is -0.860. The lowest BCUT2D eigenvalue weighted by Gasteiger charge is -2.37. The molecule has 2 nitrogen and oxygen atoms in total. The summed E-state index contributed by atoms with van der Waals surface area (Å²) in [5.41, 5.74) is 3.07. The topological polar surface area (TPSA) is 23.5 Å². The highest BCUT2D eigenvalue weighted by molar-refractivity contribution is 5.40. The monoisotopic (exact) mass is 245 g/mol. The van der Waals surface area contributed by atoms with Crippen LogP contribution in [0.3, 0.4) is 0 Å². The Morgan fingerprint density at radius 1 is 1.17 bits per heavy atom. The van der Waals surface area contributed by atoms with Gasteiger partial charge in [0.2, 0.25) is 0 Å². The van der Waals surface area contributed by atoms with Gasteiger partial charge in [-0.15, -0.1) is 0 Å². The highest BCUT2D eigenvalue weighted by Crippen LogP contribution is 2.36. The maximum atomic E-state index is 9.25. The van der Waals surface area contributed by atoms with Crippen LogP contribution in [0.15, 0.2) is 24.3 Å².